The molecule has 1 aromatic heterocycles. The van der Waals surface area contributed by atoms with Gasteiger partial charge < -0.3 is 5.32 Å². The third-order valence-electron chi connectivity index (χ3n) is 2.65. The Balaban J connectivity index is 2.24. The van der Waals surface area contributed by atoms with Gasteiger partial charge in [0.25, 0.3) is 0 Å². The average Bonchev–Trinajstić information content (AvgIpc) is 2.86. The monoisotopic (exact) mass is 357 g/mol. The highest BCUT2D eigenvalue weighted by atomic mass is 127. The summed E-state index contributed by atoms with van der Waals surface area (Å²) in [6, 6.07) is 8.28. The lowest BCUT2D eigenvalue weighted by Gasteiger charge is -2.12. The summed E-state index contributed by atoms with van der Waals surface area (Å²) in [5.41, 5.74) is 0.987. The van der Waals surface area contributed by atoms with Crippen LogP contribution in [0.2, 0.25) is 0 Å². The summed E-state index contributed by atoms with van der Waals surface area (Å²) >= 11 is 2.28. The second kappa shape index (κ2) is 6.24. The molecule has 0 fully saturated rings. The van der Waals surface area contributed by atoms with Crippen molar-refractivity contribution in [3.8, 4) is 5.69 Å². The lowest BCUT2D eigenvalue weighted by atomic mass is 10.2. The average molecular weight is 357 g/mol. The Morgan fingerprint density at radius 2 is 2.06 bits per heavy atom. The molecule has 1 atom stereocenters. The van der Waals surface area contributed by atoms with Gasteiger partial charge in [-0.1, -0.05) is 6.92 Å². The molecule has 0 aliphatic heterocycles. The van der Waals surface area contributed by atoms with Crippen molar-refractivity contribution in [1.29, 1.82) is 0 Å². The summed E-state index contributed by atoms with van der Waals surface area (Å²) in [4.78, 5) is 0. The maximum absolute atomic E-state index is 4.11. The number of halogens is 1. The Kier molecular flexibility index (Phi) is 4.65. The lowest BCUT2D eigenvalue weighted by molar-refractivity contribution is 0.531. The summed E-state index contributed by atoms with van der Waals surface area (Å²) < 4.78 is 2.98. The summed E-state index contributed by atoms with van der Waals surface area (Å²) in [6.07, 6.45) is 1.09. The molecule has 0 spiro atoms. The Hall–Kier alpha value is -1.02. The van der Waals surface area contributed by atoms with E-state index in [-0.39, 0.29) is 6.04 Å². The largest absolute Gasteiger partial charge is 0.307 e. The molecule has 5 nitrogen and oxygen atoms in total. The summed E-state index contributed by atoms with van der Waals surface area (Å²) in [5, 5.41) is 15.3. The van der Waals surface area contributed by atoms with Gasteiger partial charge in [-0.3, -0.25) is 0 Å². The van der Waals surface area contributed by atoms with Crippen LogP contribution in [0.4, 0.5) is 0 Å². The SMILES string of the molecule is CCCNC(C)c1nnnn1-c1ccc(I)cc1. The second-order valence-electron chi connectivity index (χ2n) is 4.10. The molecular weight excluding hydrogens is 341 g/mol. The van der Waals surface area contributed by atoms with Crippen molar-refractivity contribution in [2.24, 2.45) is 0 Å². The smallest absolute Gasteiger partial charge is 0.173 e. The minimum absolute atomic E-state index is 0.138. The summed E-state index contributed by atoms with van der Waals surface area (Å²) in [7, 11) is 0. The first-order chi connectivity index (χ1) is 8.72. The van der Waals surface area contributed by atoms with Crippen molar-refractivity contribution in [1.82, 2.24) is 25.5 Å². The minimum atomic E-state index is 0.138. The maximum atomic E-state index is 4.11. The number of hydrogen-bond donors (Lipinski definition) is 1. The Bertz CT molecular complexity index is 493. The Morgan fingerprint density at radius 3 is 2.72 bits per heavy atom. The fraction of sp³-hybridized carbons (Fsp3) is 0.417. The van der Waals surface area contributed by atoms with E-state index in [9.17, 15) is 0 Å². The van der Waals surface area contributed by atoms with E-state index >= 15 is 0 Å². The van der Waals surface area contributed by atoms with Gasteiger partial charge in [-0.25, -0.2) is 0 Å². The van der Waals surface area contributed by atoms with E-state index in [2.05, 4.69) is 57.3 Å². The van der Waals surface area contributed by atoms with E-state index in [0.29, 0.717) is 0 Å². The first kappa shape index (κ1) is 13.4. The third-order valence-corrected chi connectivity index (χ3v) is 3.37. The van der Waals surface area contributed by atoms with Crippen LogP contribution < -0.4 is 5.32 Å². The van der Waals surface area contributed by atoms with Gasteiger partial charge in [0.05, 0.1) is 11.7 Å². The van der Waals surface area contributed by atoms with E-state index in [1.54, 1.807) is 4.68 Å². The Labute approximate surface area is 120 Å². The van der Waals surface area contributed by atoms with Crippen molar-refractivity contribution >= 4 is 22.6 Å². The molecule has 1 unspecified atom stereocenters. The fourth-order valence-corrected chi connectivity index (χ4v) is 2.04. The topological polar surface area (TPSA) is 55.6 Å². The van der Waals surface area contributed by atoms with Gasteiger partial charge in [-0.2, -0.15) is 4.68 Å². The number of aromatic nitrogens is 4. The normalized spacial score (nSPS) is 12.6. The molecule has 0 amide bonds. The second-order valence-corrected chi connectivity index (χ2v) is 5.35. The van der Waals surface area contributed by atoms with Crippen LogP contribution in [0.3, 0.4) is 0 Å². The van der Waals surface area contributed by atoms with Crippen LogP contribution in [0, 0.1) is 3.57 Å². The van der Waals surface area contributed by atoms with Gasteiger partial charge in [0.15, 0.2) is 5.82 Å². The van der Waals surface area contributed by atoms with Gasteiger partial charge in [0, 0.05) is 3.57 Å². The van der Waals surface area contributed by atoms with Gasteiger partial charge in [-0.05, 0) is 77.2 Å². The number of rotatable bonds is 5. The Morgan fingerprint density at radius 1 is 1.33 bits per heavy atom. The van der Waals surface area contributed by atoms with Crippen molar-refractivity contribution in [3.05, 3.63) is 33.7 Å². The van der Waals surface area contributed by atoms with Crippen LogP contribution in [0.25, 0.3) is 5.69 Å². The molecule has 0 radical (unpaired) electrons. The zero-order valence-electron chi connectivity index (χ0n) is 10.5. The molecule has 2 aromatic rings. The van der Waals surface area contributed by atoms with Crippen molar-refractivity contribution in [2.45, 2.75) is 26.3 Å². The third kappa shape index (κ3) is 3.05. The van der Waals surface area contributed by atoms with Crippen LogP contribution in [0.15, 0.2) is 24.3 Å². The molecular formula is C12H16IN5. The van der Waals surface area contributed by atoms with Crippen LogP contribution in [0.1, 0.15) is 32.1 Å². The summed E-state index contributed by atoms with van der Waals surface area (Å²) in [6.45, 7) is 5.17. The van der Waals surface area contributed by atoms with E-state index in [4.69, 9.17) is 0 Å². The first-order valence-corrected chi connectivity index (χ1v) is 7.08. The molecule has 6 heteroatoms. The molecule has 0 bridgehead atoms. The molecule has 1 aromatic carbocycles. The highest BCUT2D eigenvalue weighted by Gasteiger charge is 2.14. The summed E-state index contributed by atoms with van der Waals surface area (Å²) in [5.74, 6) is 0.838. The zero-order chi connectivity index (χ0) is 13.0. The number of nitrogens with zero attached hydrogens (tertiary/aromatic N) is 4. The van der Waals surface area contributed by atoms with E-state index in [0.717, 1.165) is 24.5 Å². The van der Waals surface area contributed by atoms with Crippen LogP contribution in [-0.2, 0) is 0 Å². The van der Waals surface area contributed by atoms with Crippen molar-refractivity contribution < 1.29 is 0 Å². The van der Waals surface area contributed by atoms with Crippen molar-refractivity contribution in [3.63, 3.8) is 0 Å². The van der Waals surface area contributed by atoms with Gasteiger partial charge in [-0.15, -0.1) is 5.10 Å². The first-order valence-electron chi connectivity index (χ1n) is 6.00. The molecule has 1 heterocycles. The molecule has 2 rings (SSSR count). The molecule has 0 saturated heterocycles. The highest BCUT2D eigenvalue weighted by molar-refractivity contribution is 14.1. The quantitative estimate of drug-likeness (QED) is 0.835. The van der Waals surface area contributed by atoms with Crippen molar-refractivity contribution in [2.75, 3.05) is 6.54 Å². The predicted molar refractivity (Wildman–Crippen MR) is 78.6 cm³/mol. The molecule has 0 aliphatic carbocycles. The van der Waals surface area contributed by atoms with E-state index < -0.39 is 0 Å². The highest BCUT2D eigenvalue weighted by Crippen LogP contribution is 2.15. The van der Waals surface area contributed by atoms with Crippen LogP contribution >= 0.6 is 22.6 Å². The van der Waals surface area contributed by atoms with Gasteiger partial charge in [0.2, 0.25) is 0 Å². The lowest BCUT2D eigenvalue weighted by Crippen LogP contribution is -2.22. The number of benzene rings is 1. The molecule has 1 N–H and O–H groups in total. The van der Waals surface area contributed by atoms with Gasteiger partial charge >= 0.3 is 0 Å². The van der Waals surface area contributed by atoms with Gasteiger partial charge in [0.1, 0.15) is 0 Å². The van der Waals surface area contributed by atoms with E-state index in [1.165, 1.54) is 3.57 Å². The molecule has 0 aliphatic rings. The molecule has 18 heavy (non-hydrogen) atoms. The number of tetrazole rings is 1. The maximum Gasteiger partial charge on any atom is 0.173 e. The molecule has 96 valence electrons. The molecule has 0 saturated carbocycles. The minimum Gasteiger partial charge on any atom is -0.307 e. The van der Waals surface area contributed by atoms with Crippen LogP contribution in [-0.4, -0.2) is 26.8 Å². The zero-order valence-corrected chi connectivity index (χ0v) is 12.6. The number of hydrogen-bond acceptors (Lipinski definition) is 4. The number of nitrogens with one attached hydrogen (secondary N) is 1. The fourth-order valence-electron chi connectivity index (χ4n) is 1.68. The predicted octanol–water partition coefficient (Wildman–Crippen LogP) is 2.33. The van der Waals surface area contributed by atoms with Crippen LogP contribution in [0.5, 0.6) is 0 Å². The van der Waals surface area contributed by atoms with E-state index in [1.807, 2.05) is 24.3 Å². The standard InChI is InChI=1S/C12H16IN5/c1-3-8-14-9(2)12-15-16-17-18(12)11-6-4-10(13)5-7-11/h4-7,9,14H,3,8H2,1-2H3.